The first-order chi connectivity index (χ1) is 9.20. The molecule has 0 spiro atoms. The molecule has 0 bridgehead atoms. The summed E-state index contributed by atoms with van der Waals surface area (Å²) in [5.74, 6) is 0.620. The zero-order valence-corrected chi connectivity index (χ0v) is 11.3. The number of amidine groups is 1. The Balaban J connectivity index is 2.45. The molecule has 7 heteroatoms. The third kappa shape index (κ3) is 2.71. The van der Waals surface area contributed by atoms with Crippen molar-refractivity contribution in [2.45, 2.75) is 20.0 Å². The van der Waals surface area contributed by atoms with E-state index in [4.69, 9.17) is 11.1 Å². The molecule has 1 aliphatic rings. The lowest BCUT2D eigenvalue weighted by atomic mass is 10.0. The van der Waals surface area contributed by atoms with Crippen molar-refractivity contribution in [3.63, 3.8) is 0 Å². The van der Waals surface area contributed by atoms with Gasteiger partial charge in [0.25, 0.3) is 0 Å². The second-order valence-electron chi connectivity index (χ2n) is 5.34. The van der Waals surface area contributed by atoms with E-state index in [1.165, 1.54) is 6.07 Å². The lowest BCUT2D eigenvalue weighted by Gasteiger charge is -2.21. The Bertz CT molecular complexity index is 517. The molecule has 110 valence electrons. The van der Waals surface area contributed by atoms with Crippen LogP contribution in [0.5, 0.6) is 0 Å². The molecule has 0 amide bonds. The number of nitrogens with zero attached hydrogens (tertiary/aromatic N) is 2. The summed E-state index contributed by atoms with van der Waals surface area (Å²) >= 11 is 0. The molecule has 2 unspecified atom stereocenters. The van der Waals surface area contributed by atoms with Crippen molar-refractivity contribution in [3.8, 4) is 0 Å². The van der Waals surface area contributed by atoms with Crippen LogP contribution >= 0.6 is 0 Å². The Labute approximate surface area is 115 Å². The van der Waals surface area contributed by atoms with Crippen molar-refractivity contribution >= 4 is 11.7 Å². The van der Waals surface area contributed by atoms with Crippen molar-refractivity contribution < 1.29 is 13.2 Å². The van der Waals surface area contributed by atoms with Crippen molar-refractivity contribution in [2.24, 2.45) is 17.6 Å². The molecule has 0 radical (unpaired) electrons. The van der Waals surface area contributed by atoms with Crippen molar-refractivity contribution in [1.29, 1.82) is 5.41 Å². The third-order valence-corrected chi connectivity index (χ3v) is 3.74. The van der Waals surface area contributed by atoms with E-state index >= 15 is 0 Å². The number of halogens is 3. The van der Waals surface area contributed by atoms with Gasteiger partial charge in [-0.15, -0.1) is 0 Å². The van der Waals surface area contributed by atoms with E-state index in [0.29, 0.717) is 24.9 Å². The quantitative estimate of drug-likeness (QED) is 0.648. The SMILES string of the molecule is CC1CN(c2nc(C(F)(F)F)ccc2C(=N)N)CC1C. The number of nitrogen functional groups attached to an aromatic ring is 1. The fourth-order valence-electron chi connectivity index (χ4n) is 2.36. The van der Waals surface area contributed by atoms with Gasteiger partial charge in [-0.1, -0.05) is 13.8 Å². The zero-order valence-electron chi connectivity index (χ0n) is 11.3. The Kier molecular flexibility index (Phi) is 3.62. The van der Waals surface area contributed by atoms with E-state index in [9.17, 15) is 13.2 Å². The number of aromatic nitrogens is 1. The summed E-state index contributed by atoms with van der Waals surface area (Å²) in [5.41, 5.74) is 4.74. The van der Waals surface area contributed by atoms with E-state index in [0.717, 1.165) is 6.07 Å². The maximum atomic E-state index is 12.8. The van der Waals surface area contributed by atoms with Crippen LogP contribution in [0.15, 0.2) is 12.1 Å². The summed E-state index contributed by atoms with van der Waals surface area (Å²) < 4.78 is 38.3. The zero-order chi connectivity index (χ0) is 15.1. The Hall–Kier alpha value is -1.79. The monoisotopic (exact) mass is 286 g/mol. The fourth-order valence-corrected chi connectivity index (χ4v) is 2.36. The molecular formula is C13H17F3N4. The molecule has 3 N–H and O–H groups in total. The normalized spacial score (nSPS) is 23.1. The number of pyridine rings is 1. The second-order valence-corrected chi connectivity index (χ2v) is 5.34. The molecule has 1 aromatic heterocycles. The molecule has 1 fully saturated rings. The highest BCUT2D eigenvalue weighted by Gasteiger charge is 2.35. The summed E-state index contributed by atoms with van der Waals surface area (Å²) in [4.78, 5) is 5.48. The second kappa shape index (κ2) is 4.96. The average molecular weight is 286 g/mol. The molecule has 1 aliphatic heterocycles. The van der Waals surface area contributed by atoms with Crippen LogP contribution in [0, 0.1) is 17.2 Å². The maximum Gasteiger partial charge on any atom is 0.433 e. The number of rotatable bonds is 2. The highest BCUT2D eigenvalue weighted by atomic mass is 19.4. The summed E-state index contributed by atoms with van der Waals surface area (Å²) in [7, 11) is 0. The number of nitrogens with one attached hydrogen (secondary N) is 1. The van der Waals surface area contributed by atoms with E-state index in [1.54, 1.807) is 4.90 Å². The van der Waals surface area contributed by atoms with Gasteiger partial charge in [-0.05, 0) is 24.0 Å². The van der Waals surface area contributed by atoms with Crippen LogP contribution in [-0.4, -0.2) is 23.9 Å². The molecule has 0 saturated carbocycles. The first-order valence-corrected chi connectivity index (χ1v) is 6.37. The van der Waals surface area contributed by atoms with E-state index in [1.807, 2.05) is 13.8 Å². The van der Waals surface area contributed by atoms with Crippen LogP contribution in [-0.2, 0) is 6.18 Å². The lowest BCUT2D eigenvalue weighted by Crippen LogP contribution is -2.27. The molecule has 0 aliphatic carbocycles. The minimum atomic E-state index is -4.50. The molecule has 0 aromatic carbocycles. The average Bonchev–Trinajstić information content (AvgIpc) is 2.67. The van der Waals surface area contributed by atoms with Crippen LogP contribution in [0.2, 0.25) is 0 Å². The largest absolute Gasteiger partial charge is 0.433 e. The minimum absolute atomic E-state index is 0.156. The van der Waals surface area contributed by atoms with Gasteiger partial charge in [0.15, 0.2) is 0 Å². The van der Waals surface area contributed by atoms with Crippen molar-refractivity contribution in [3.05, 3.63) is 23.4 Å². The Morgan fingerprint density at radius 3 is 2.30 bits per heavy atom. The van der Waals surface area contributed by atoms with Gasteiger partial charge < -0.3 is 10.6 Å². The molecule has 4 nitrogen and oxygen atoms in total. The predicted octanol–water partition coefficient (Wildman–Crippen LogP) is 2.48. The first-order valence-electron chi connectivity index (χ1n) is 6.37. The number of alkyl halides is 3. The molecular weight excluding hydrogens is 269 g/mol. The lowest BCUT2D eigenvalue weighted by molar-refractivity contribution is -0.141. The van der Waals surface area contributed by atoms with Crippen molar-refractivity contribution in [2.75, 3.05) is 18.0 Å². The Morgan fingerprint density at radius 1 is 1.30 bits per heavy atom. The molecule has 20 heavy (non-hydrogen) atoms. The van der Waals surface area contributed by atoms with E-state index in [2.05, 4.69) is 4.98 Å². The topological polar surface area (TPSA) is 66.0 Å². The maximum absolute atomic E-state index is 12.8. The summed E-state index contributed by atoms with van der Waals surface area (Å²) in [6, 6.07) is 2.09. The van der Waals surface area contributed by atoms with Gasteiger partial charge in [0.05, 0.1) is 5.56 Å². The summed E-state index contributed by atoms with van der Waals surface area (Å²) in [5, 5.41) is 7.50. The third-order valence-electron chi connectivity index (χ3n) is 3.74. The molecule has 2 atom stereocenters. The van der Waals surface area contributed by atoms with Gasteiger partial charge in [0, 0.05) is 13.1 Å². The van der Waals surface area contributed by atoms with Crippen LogP contribution in [0.3, 0.4) is 0 Å². The van der Waals surface area contributed by atoms with E-state index in [-0.39, 0.29) is 17.2 Å². The predicted molar refractivity (Wildman–Crippen MR) is 70.8 cm³/mol. The van der Waals surface area contributed by atoms with Crippen molar-refractivity contribution in [1.82, 2.24) is 4.98 Å². The smallest absolute Gasteiger partial charge is 0.384 e. The molecule has 2 rings (SSSR count). The number of hydrogen-bond acceptors (Lipinski definition) is 3. The van der Waals surface area contributed by atoms with Crippen LogP contribution in [0.1, 0.15) is 25.1 Å². The van der Waals surface area contributed by atoms with Crippen LogP contribution in [0.4, 0.5) is 19.0 Å². The van der Waals surface area contributed by atoms with Gasteiger partial charge in [-0.25, -0.2) is 4.98 Å². The molecule has 1 aromatic rings. The van der Waals surface area contributed by atoms with Gasteiger partial charge >= 0.3 is 6.18 Å². The first kappa shape index (κ1) is 14.6. The van der Waals surface area contributed by atoms with Gasteiger partial charge in [-0.3, -0.25) is 5.41 Å². The molecule has 2 heterocycles. The van der Waals surface area contributed by atoms with Gasteiger partial charge in [-0.2, -0.15) is 13.2 Å². The van der Waals surface area contributed by atoms with E-state index < -0.39 is 11.9 Å². The summed E-state index contributed by atoms with van der Waals surface area (Å²) in [6.45, 7) is 5.34. The standard InChI is InChI=1S/C13H17F3N4/c1-7-5-20(6-8(7)2)12-9(11(17)18)3-4-10(19-12)13(14,15)16/h3-4,7-8H,5-6H2,1-2H3,(H3,17,18). The van der Waals surface area contributed by atoms with Crippen LogP contribution < -0.4 is 10.6 Å². The minimum Gasteiger partial charge on any atom is -0.384 e. The number of nitrogens with two attached hydrogens (primary N) is 1. The highest BCUT2D eigenvalue weighted by molar-refractivity contribution is 5.99. The highest BCUT2D eigenvalue weighted by Crippen LogP contribution is 2.33. The summed E-state index contributed by atoms with van der Waals surface area (Å²) in [6.07, 6.45) is -4.50. The van der Waals surface area contributed by atoms with Crippen LogP contribution in [0.25, 0.3) is 0 Å². The fraction of sp³-hybridized carbons (Fsp3) is 0.538. The Morgan fingerprint density at radius 2 is 1.85 bits per heavy atom. The molecule has 1 saturated heterocycles. The van der Waals surface area contributed by atoms with Gasteiger partial charge in [0.1, 0.15) is 17.3 Å². The number of hydrogen-bond donors (Lipinski definition) is 2. The number of anilines is 1. The van der Waals surface area contributed by atoms with Gasteiger partial charge in [0.2, 0.25) is 0 Å².